The van der Waals surface area contributed by atoms with Gasteiger partial charge in [-0.15, -0.1) is 5.10 Å². The van der Waals surface area contributed by atoms with Crippen LogP contribution in [0.25, 0.3) is 16.8 Å². The summed E-state index contributed by atoms with van der Waals surface area (Å²) in [6.45, 7) is 1.78. The Balaban J connectivity index is 1.57. The average Bonchev–Trinajstić information content (AvgIpc) is 2.89. The molecule has 3 aromatic rings. The number of pyridine rings is 1. The van der Waals surface area contributed by atoms with E-state index >= 15 is 0 Å². The molecule has 0 saturated carbocycles. The summed E-state index contributed by atoms with van der Waals surface area (Å²) in [5.41, 5.74) is 1.31. The zero-order valence-corrected chi connectivity index (χ0v) is 19.7. The van der Waals surface area contributed by atoms with Gasteiger partial charge in [-0.2, -0.15) is 31.4 Å². The van der Waals surface area contributed by atoms with E-state index in [1.165, 1.54) is 18.5 Å². The first-order valence-electron chi connectivity index (χ1n) is 11.0. The van der Waals surface area contributed by atoms with Crippen LogP contribution < -0.4 is 16.0 Å². The number of nitrogens with zero attached hydrogens (tertiary/aromatic N) is 4. The number of anilines is 1. The van der Waals surface area contributed by atoms with Crippen LogP contribution in [-0.4, -0.2) is 45.7 Å². The van der Waals surface area contributed by atoms with Crippen LogP contribution in [0.2, 0.25) is 0 Å². The fourth-order valence-corrected chi connectivity index (χ4v) is 3.48. The first kappa shape index (κ1) is 27.2. The van der Waals surface area contributed by atoms with Crippen molar-refractivity contribution < 1.29 is 35.9 Å². The number of amides is 2. The Morgan fingerprint density at radius 1 is 0.974 bits per heavy atom. The number of benzene rings is 1. The Hall–Kier alpha value is -4.82. The quantitative estimate of drug-likeness (QED) is 0.413. The predicted octanol–water partition coefficient (Wildman–Crippen LogP) is 4.10. The van der Waals surface area contributed by atoms with Crippen molar-refractivity contribution in [3.8, 4) is 11.1 Å². The molecule has 3 N–H and O–H groups in total. The molecule has 1 atom stereocenters. The Morgan fingerprint density at radius 3 is 2.44 bits per heavy atom. The minimum absolute atomic E-state index is 0.252. The van der Waals surface area contributed by atoms with Gasteiger partial charge in [-0.05, 0) is 48.4 Å². The summed E-state index contributed by atoms with van der Waals surface area (Å²) in [4.78, 5) is 31.7. The van der Waals surface area contributed by atoms with Crippen LogP contribution >= 0.6 is 0 Å². The van der Waals surface area contributed by atoms with Crippen LogP contribution in [0.15, 0.2) is 60.0 Å². The highest BCUT2D eigenvalue weighted by Crippen LogP contribution is 2.30. The molecule has 1 aromatic carbocycles. The minimum Gasteiger partial charge on any atom is -0.346 e. The molecule has 0 spiro atoms. The predicted molar refractivity (Wildman–Crippen MR) is 127 cm³/mol. The summed E-state index contributed by atoms with van der Waals surface area (Å²) in [5.74, 6) is -3.04. The highest BCUT2D eigenvalue weighted by molar-refractivity contribution is 6.03. The SMILES string of the molecule is Cc1ccc(NC(=O)c2cc(C(F)(F)F)cnn2)cc1-c1cncc(C2=CC(NC(=O)C(F)(F)F)N=CN2)c1. The molecule has 15 heteroatoms. The van der Waals surface area contributed by atoms with E-state index in [0.717, 1.165) is 11.9 Å². The molecule has 9 nitrogen and oxygen atoms in total. The van der Waals surface area contributed by atoms with Gasteiger partial charge < -0.3 is 16.0 Å². The van der Waals surface area contributed by atoms with Crippen LogP contribution in [0, 0.1) is 6.92 Å². The van der Waals surface area contributed by atoms with Gasteiger partial charge in [0.25, 0.3) is 5.91 Å². The monoisotopic (exact) mass is 549 g/mol. The summed E-state index contributed by atoms with van der Waals surface area (Å²) >= 11 is 0. The van der Waals surface area contributed by atoms with Gasteiger partial charge >= 0.3 is 18.3 Å². The second kappa shape index (κ2) is 10.5. The van der Waals surface area contributed by atoms with Crippen LogP contribution in [0.3, 0.4) is 0 Å². The van der Waals surface area contributed by atoms with Crippen molar-refractivity contribution in [2.75, 3.05) is 5.32 Å². The Morgan fingerprint density at radius 2 is 1.72 bits per heavy atom. The lowest BCUT2D eigenvalue weighted by Crippen LogP contribution is -2.43. The lowest BCUT2D eigenvalue weighted by Gasteiger charge is -2.19. The number of carbonyl (C=O) groups is 2. The lowest BCUT2D eigenvalue weighted by molar-refractivity contribution is -0.174. The summed E-state index contributed by atoms with van der Waals surface area (Å²) in [5, 5.41) is 13.7. The van der Waals surface area contributed by atoms with Gasteiger partial charge in [0, 0.05) is 34.9 Å². The van der Waals surface area contributed by atoms with Gasteiger partial charge in [-0.25, -0.2) is 4.99 Å². The minimum atomic E-state index is -5.07. The topological polar surface area (TPSA) is 121 Å². The second-order valence-electron chi connectivity index (χ2n) is 8.19. The fraction of sp³-hybridized carbons (Fsp3) is 0.167. The number of nitrogens with one attached hydrogen (secondary N) is 3. The number of hydrogen-bond donors (Lipinski definition) is 3. The highest BCUT2D eigenvalue weighted by atomic mass is 19.4. The number of halogens is 6. The van der Waals surface area contributed by atoms with Crippen molar-refractivity contribution in [2.24, 2.45) is 4.99 Å². The molecule has 3 heterocycles. The molecule has 202 valence electrons. The van der Waals surface area contributed by atoms with Crippen molar-refractivity contribution in [1.82, 2.24) is 25.8 Å². The van der Waals surface area contributed by atoms with Crippen molar-refractivity contribution >= 4 is 29.5 Å². The van der Waals surface area contributed by atoms with Gasteiger partial charge in [0.1, 0.15) is 6.17 Å². The van der Waals surface area contributed by atoms with Crippen LogP contribution in [0.4, 0.5) is 32.0 Å². The molecule has 0 saturated heterocycles. The van der Waals surface area contributed by atoms with Gasteiger partial charge in [-0.3, -0.25) is 14.6 Å². The van der Waals surface area contributed by atoms with E-state index in [9.17, 15) is 35.9 Å². The maximum atomic E-state index is 13.0. The summed E-state index contributed by atoms with van der Waals surface area (Å²) in [6.07, 6.45) is -5.15. The zero-order chi connectivity index (χ0) is 28.4. The normalized spacial score (nSPS) is 15.3. The van der Waals surface area contributed by atoms with Crippen molar-refractivity contribution in [3.05, 3.63) is 77.4 Å². The number of carbonyl (C=O) groups excluding carboxylic acids is 2. The number of rotatable bonds is 5. The first-order valence-corrected chi connectivity index (χ1v) is 11.0. The van der Waals surface area contributed by atoms with Crippen molar-refractivity contribution in [1.29, 1.82) is 0 Å². The van der Waals surface area contributed by atoms with E-state index in [1.54, 1.807) is 36.5 Å². The number of aliphatic imine (C=N–C) groups is 1. The fourth-order valence-electron chi connectivity index (χ4n) is 3.48. The number of hydrogen-bond acceptors (Lipinski definition) is 7. The van der Waals surface area contributed by atoms with E-state index in [2.05, 4.69) is 30.8 Å². The van der Waals surface area contributed by atoms with Crippen LogP contribution in [0.1, 0.15) is 27.2 Å². The smallest absolute Gasteiger partial charge is 0.346 e. The third kappa shape index (κ3) is 6.55. The molecule has 0 aliphatic carbocycles. The second-order valence-corrected chi connectivity index (χ2v) is 8.19. The molecule has 0 bridgehead atoms. The molecule has 1 aliphatic rings. The first-order chi connectivity index (χ1) is 18.3. The van der Waals surface area contributed by atoms with Gasteiger partial charge in [0.2, 0.25) is 0 Å². The van der Waals surface area contributed by atoms with Gasteiger partial charge in [-0.1, -0.05) is 6.07 Å². The summed E-state index contributed by atoms with van der Waals surface area (Å²) in [6, 6.07) is 7.04. The lowest BCUT2D eigenvalue weighted by atomic mass is 9.99. The largest absolute Gasteiger partial charge is 0.471 e. The number of aryl methyl sites for hydroxylation is 1. The Labute approximate surface area is 216 Å². The Kier molecular flexibility index (Phi) is 7.34. The van der Waals surface area contributed by atoms with E-state index < -0.39 is 41.6 Å². The Bertz CT molecular complexity index is 1480. The molecule has 0 radical (unpaired) electrons. The maximum absolute atomic E-state index is 13.0. The molecule has 1 unspecified atom stereocenters. The summed E-state index contributed by atoms with van der Waals surface area (Å²) in [7, 11) is 0. The van der Waals surface area contributed by atoms with E-state index in [1.807, 2.05) is 0 Å². The molecule has 0 fully saturated rings. The summed E-state index contributed by atoms with van der Waals surface area (Å²) < 4.78 is 76.6. The van der Waals surface area contributed by atoms with E-state index in [0.29, 0.717) is 34.7 Å². The molecular weight excluding hydrogens is 532 g/mol. The zero-order valence-electron chi connectivity index (χ0n) is 19.7. The number of alkyl halides is 6. The van der Waals surface area contributed by atoms with Crippen LogP contribution in [0.5, 0.6) is 0 Å². The van der Waals surface area contributed by atoms with E-state index in [4.69, 9.17) is 0 Å². The molecule has 2 amide bonds. The molecule has 1 aliphatic heterocycles. The maximum Gasteiger partial charge on any atom is 0.471 e. The molecule has 39 heavy (non-hydrogen) atoms. The molecule has 2 aromatic heterocycles. The number of aromatic nitrogens is 3. The third-order valence-corrected chi connectivity index (χ3v) is 5.39. The van der Waals surface area contributed by atoms with Gasteiger partial charge in [0.15, 0.2) is 5.69 Å². The standard InChI is InChI=1S/C24H17F6N7O2/c1-12-2-3-16(35-21(38)19-5-15(10-34-37-19)23(25,26)27)6-17(12)13-4-14(9-31-8-13)18-7-20(33-11-32-18)36-22(39)24(28,29)30/h2-11,20H,1H3,(H,32,33)(H,35,38)(H,36,39). The van der Waals surface area contributed by atoms with Crippen LogP contribution in [-0.2, 0) is 11.0 Å². The van der Waals surface area contributed by atoms with Crippen molar-refractivity contribution in [2.45, 2.75) is 25.4 Å². The van der Waals surface area contributed by atoms with Crippen molar-refractivity contribution in [3.63, 3.8) is 0 Å². The highest BCUT2D eigenvalue weighted by Gasteiger charge is 2.39. The van der Waals surface area contributed by atoms with E-state index in [-0.39, 0.29) is 5.69 Å². The molecular formula is C24H17F6N7O2. The van der Waals surface area contributed by atoms with Gasteiger partial charge in [0.05, 0.1) is 18.1 Å². The third-order valence-electron chi connectivity index (χ3n) is 5.39. The molecule has 4 rings (SSSR count). The average molecular weight is 549 g/mol.